The molecule has 0 amide bonds. The van der Waals surface area contributed by atoms with Gasteiger partial charge in [0.25, 0.3) is 10.2 Å². The number of rotatable bonds is 5. The Morgan fingerprint density at radius 2 is 1.96 bits per heavy atom. The first-order chi connectivity index (χ1) is 11.0. The molecule has 1 saturated carbocycles. The molecule has 5 nitrogen and oxygen atoms in total. The molecule has 6 heteroatoms. The average molecular weight is 333 g/mol. The third-order valence-electron chi connectivity index (χ3n) is 4.79. The van der Waals surface area contributed by atoms with E-state index in [2.05, 4.69) is 17.7 Å². The summed E-state index contributed by atoms with van der Waals surface area (Å²) in [5.41, 5.74) is 2.69. The number of piperidine rings is 1. The second-order valence-corrected chi connectivity index (χ2v) is 8.47. The minimum absolute atomic E-state index is 0.278. The van der Waals surface area contributed by atoms with E-state index in [1.54, 1.807) is 10.4 Å². The third-order valence-corrected chi connectivity index (χ3v) is 6.35. The molecule has 1 aromatic carbocycles. The van der Waals surface area contributed by atoms with E-state index in [1.165, 1.54) is 0 Å². The van der Waals surface area contributed by atoms with Crippen molar-refractivity contribution in [2.75, 3.05) is 13.1 Å². The zero-order valence-corrected chi connectivity index (χ0v) is 14.3. The number of nitrogens with zero attached hydrogens (tertiary/aromatic N) is 2. The highest BCUT2D eigenvalue weighted by Gasteiger charge is 2.28. The zero-order chi connectivity index (χ0) is 16.4. The van der Waals surface area contributed by atoms with E-state index in [0.717, 1.165) is 36.8 Å². The Bertz CT molecular complexity index is 712. The van der Waals surface area contributed by atoms with Gasteiger partial charge in [0.15, 0.2) is 0 Å². The van der Waals surface area contributed by atoms with E-state index in [9.17, 15) is 8.42 Å². The van der Waals surface area contributed by atoms with Gasteiger partial charge in [0, 0.05) is 19.6 Å². The van der Waals surface area contributed by atoms with Crippen molar-refractivity contribution in [1.82, 2.24) is 9.03 Å². The summed E-state index contributed by atoms with van der Waals surface area (Å²) in [6, 6.07) is 7.85. The van der Waals surface area contributed by atoms with E-state index < -0.39 is 10.2 Å². The summed E-state index contributed by atoms with van der Waals surface area (Å²) in [6.45, 7) is 3.63. The molecule has 1 aliphatic heterocycles. The van der Waals surface area contributed by atoms with Crippen LogP contribution in [-0.2, 0) is 16.8 Å². The predicted octanol–water partition coefficient (Wildman–Crippen LogP) is 2.50. The van der Waals surface area contributed by atoms with E-state index in [0.29, 0.717) is 30.5 Å². The fourth-order valence-corrected chi connectivity index (χ4v) is 4.27. The van der Waals surface area contributed by atoms with Gasteiger partial charge in [0.1, 0.15) is 0 Å². The van der Waals surface area contributed by atoms with Crippen LogP contribution in [0.3, 0.4) is 0 Å². The van der Waals surface area contributed by atoms with Crippen molar-refractivity contribution in [1.29, 1.82) is 5.26 Å². The molecule has 0 atom stereocenters. The molecular formula is C17H23N3O2S. The van der Waals surface area contributed by atoms with E-state index in [1.807, 2.05) is 12.1 Å². The molecule has 1 aromatic rings. The van der Waals surface area contributed by atoms with Gasteiger partial charge in [-0.1, -0.05) is 19.1 Å². The van der Waals surface area contributed by atoms with Gasteiger partial charge in [0.2, 0.25) is 0 Å². The Balaban J connectivity index is 1.66. The van der Waals surface area contributed by atoms with E-state index in [4.69, 9.17) is 5.26 Å². The number of hydrogen-bond donors (Lipinski definition) is 1. The number of nitrogens with one attached hydrogen (secondary N) is 1. The van der Waals surface area contributed by atoms with Crippen LogP contribution in [0.5, 0.6) is 0 Å². The van der Waals surface area contributed by atoms with Crippen molar-refractivity contribution in [3.8, 4) is 6.07 Å². The van der Waals surface area contributed by atoms with Crippen LogP contribution >= 0.6 is 0 Å². The van der Waals surface area contributed by atoms with Gasteiger partial charge in [-0.05, 0) is 54.7 Å². The quantitative estimate of drug-likeness (QED) is 0.900. The van der Waals surface area contributed by atoms with Crippen molar-refractivity contribution in [3.05, 3.63) is 34.9 Å². The van der Waals surface area contributed by atoms with Gasteiger partial charge in [0.05, 0.1) is 11.6 Å². The fourth-order valence-electron chi connectivity index (χ4n) is 3.05. The second-order valence-electron chi connectivity index (χ2n) is 6.72. The highest BCUT2D eigenvalue weighted by atomic mass is 32.2. The summed E-state index contributed by atoms with van der Waals surface area (Å²) in [5.74, 6) is 1.07. The van der Waals surface area contributed by atoms with Crippen LogP contribution in [-0.4, -0.2) is 25.8 Å². The molecule has 0 aromatic heterocycles. The van der Waals surface area contributed by atoms with Gasteiger partial charge < -0.3 is 0 Å². The summed E-state index contributed by atoms with van der Waals surface area (Å²) in [5, 5.41) is 9.17. The van der Waals surface area contributed by atoms with Crippen LogP contribution in [0.25, 0.3) is 0 Å². The first-order valence-electron chi connectivity index (χ1n) is 8.27. The third kappa shape index (κ3) is 3.92. The molecule has 0 unspecified atom stereocenters. The summed E-state index contributed by atoms with van der Waals surface area (Å²) >= 11 is 0. The highest BCUT2D eigenvalue weighted by molar-refractivity contribution is 7.87. The van der Waals surface area contributed by atoms with Crippen molar-refractivity contribution in [3.63, 3.8) is 0 Å². The topological polar surface area (TPSA) is 73.2 Å². The van der Waals surface area contributed by atoms with Crippen LogP contribution in [0.4, 0.5) is 0 Å². The molecule has 0 spiro atoms. The molecule has 1 saturated heterocycles. The summed E-state index contributed by atoms with van der Waals surface area (Å²) in [6.07, 6.45) is 4.08. The Morgan fingerprint density at radius 3 is 2.57 bits per heavy atom. The van der Waals surface area contributed by atoms with Crippen LogP contribution in [0, 0.1) is 17.2 Å². The lowest BCUT2D eigenvalue weighted by Crippen LogP contribution is -2.44. The largest absolute Gasteiger partial charge is 0.279 e. The van der Waals surface area contributed by atoms with Gasteiger partial charge in [-0.15, -0.1) is 0 Å². The molecular weight excluding hydrogens is 310 g/mol. The Hall–Kier alpha value is -1.42. The van der Waals surface area contributed by atoms with E-state index >= 15 is 0 Å². The Morgan fingerprint density at radius 1 is 1.26 bits per heavy atom. The van der Waals surface area contributed by atoms with Crippen molar-refractivity contribution in [2.24, 2.45) is 5.92 Å². The van der Waals surface area contributed by atoms with Crippen LogP contribution in [0.1, 0.15) is 55.2 Å². The molecule has 1 N–H and O–H groups in total. The molecule has 2 fully saturated rings. The highest BCUT2D eigenvalue weighted by Crippen LogP contribution is 2.41. The average Bonchev–Trinajstić information content (AvgIpc) is 3.38. The number of hydrogen-bond acceptors (Lipinski definition) is 3. The lowest BCUT2D eigenvalue weighted by atomic mass is 10.0. The SMILES string of the molecule is CC1CCN(S(=O)(=O)NCc2ccc(C#N)c(C3CC3)c2)CC1. The fraction of sp³-hybridized carbons (Fsp3) is 0.588. The molecule has 23 heavy (non-hydrogen) atoms. The minimum atomic E-state index is -3.42. The Labute approximate surface area is 138 Å². The van der Waals surface area contributed by atoms with E-state index in [-0.39, 0.29) is 6.54 Å². The van der Waals surface area contributed by atoms with Gasteiger partial charge in [-0.3, -0.25) is 0 Å². The summed E-state index contributed by atoms with van der Waals surface area (Å²) < 4.78 is 29.0. The Kier molecular flexibility index (Phi) is 4.72. The molecule has 1 aliphatic carbocycles. The van der Waals surface area contributed by atoms with Crippen LogP contribution in [0.15, 0.2) is 18.2 Å². The molecule has 0 bridgehead atoms. The maximum absolute atomic E-state index is 12.4. The first kappa shape index (κ1) is 16.4. The summed E-state index contributed by atoms with van der Waals surface area (Å²) in [7, 11) is -3.42. The second kappa shape index (κ2) is 6.60. The van der Waals surface area contributed by atoms with Crippen LogP contribution < -0.4 is 4.72 Å². The molecule has 2 aliphatic rings. The molecule has 1 heterocycles. The monoisotopic (exact) mass is 333 g/mol. The van der Waals surface area contributed by atoms with Crippen molar-refractivity contribution in [2.45, 2.75) is 45.1 Å². The lowest BCUT2D eigenvalue weighted by molar-refractivity contribution is 0.285. The smallest absolute Gasteiger partial charge is 0.198 e. The van der Waals surface area contributed by atoms with Crippen molar-refractivity contribution < 1.29 is 8.42 Å². The normalized spacial score (nSPS) is 20.3. The number of nitriles is 1. The van der Waals surface area contributed by atoms with Gasteiger partial charge >= 0.3 is 0 Å². The first-order valence-corrected chi connectivity index (χ1v) is 9.71. The van der Waals surface area contributed by atoms with Gasteiger partial charge in [-0.2, -0.15) is 22.7 Å². The lowest BCUT2D eigenvalue weighted by Gasteiger charge is -2.29. The maximum Gasteiger partial charge on any atom is 0.279 e. The number of benzene rings is 1. The standard InChI is InChI=1S/C17H23N3O2S/c1-13-6-8-20(9-7-13)23(21,22)19-12-14-2-3-16(11-18)17(10-14)15-4-5-15/h2-3,10,13,15,19H,4-9,12H2,1H3. The van der Waals surface area contributed by atoms with Gasteiger partial charge in [-0.25, -0.2) is 0 Å². The predicted molar refractivity (Wildman–Crippen MR) is 88.9 cm³/mol. The van der Waals surface area contributed by atoms with Crippen LogP contribution in [0.2, 0.25) is 0 Å². The molecule has 0 radical (unpaired) electrons. The minimum Gasteiger partial charge on any atom is -0.198 e. The molecule has 124 valence electrons. The zero-order valence-electron chi connectivity index (χ0n) is 13.5. The maximum atomic E-state index is 12.4. The molecule has 3 rings (SSSR count). The summed E-state index contributed by atoms with van der Waals surface area (Å²) in [4.78, 5) is 0. The van der Waals surface area contributed by atoms with Crippen molar-refractivity contribution >= 4 is 10.2 Å².